The molecule has 1 aliphatic carbocycles. The van der Waals surface area contributed by atoms with Gasteiger partial charge < -0.3 is 20.1 Å². The summed E-state index contributed by atoms with van der Waals surface area (Å²) in [5.41, 5.74) is 0.564. The van der Waals surface area contributed by atoms with Gasteiger partial charge in [-0.1, -0.05) is 0 Å². The first-order chi connectivity index (χ1) is 11.0. The van der Waals surface area contributed by atoms with Crippen molar-refractivity contribution in [3.05, 3.63) is 18.2 Å². The Kier molecular flexibility index (Phi) is 5.81. The van der Waals surface area contributed by atoms with Crippen LogP contribution in [-0.2, 0) is 9.59 Å². The van der Waals surface area contributed by atoms with Crippen molar-refractivity contribution >= 4 is 17.5 Å². The Bertz CT molecular complexity index is 572. The standard InChI is InChI=1S/C16H23N3O4/c1-19(9-15(20)17-11-4-5-11)10-16(21)18-13-7-6-12(22-2)8-14(13)23-3/h6-8,11H,4-5,9-10H2,1-3H3,(H,17,20)(H,18,21). The fourth-order valence-corrected chi connectivity index (χ4v) is 2.14. The summed E-state index contributed by atoms with van der Waals surface area (Å²) in [5, 5.41) is 5.67. The van der Waals surface area contributed by atoms with Gasteiger partial charge in [0.15, 0.2) is 0 Å². The number of methoxy groups -OCH3 is 2. The first-order valence-corrected chi connectivity index (χ1v) is 7.51. The molecule has 126 valence electrons. The minimum atomic E-state index is -0.213. The molecule has 0 heterocycles. The lowest BCUT2D eigenvalue weighted by Crippen LogP contribution is -2.39. The van der Waals surface area contributed by atoms with Crippen molar-refractivity contribution in [2.75, 3.05) is 39.7 Å². The van der Waals surface area contributed by atoms with E-state index in [0.29, 0.717) is 23.2 Å². The number of hydrogen-bond donors (Lipinski definition) is 2. The number of hydrogen-bond acceptors (Lipinski definition) is 5. The van der Waals surface area contributed by atoms with E-state index in [1.807, 2.05) is 0 Å². The average Bonchev–Trinajstić information content (AvgIpc) is 3.30. The zero-order valence-electron chi connectivity index (χ0n) is 13.7. The predicted molar refractivity (Wildman–Crippen MR) is 86.8 cm³/mol. The summed E-state index contributed by atoms with van der Waals surface area (Å²) in [4.78, 5) is 25.5. The van der Waals surface area contributed by atoms with Gasteiger partial charge in [-0.05, 0) is 32.0 Å². The van der Waals surface area contributed by atoms with Crippen LogP contribution in [0, 0.1) is 0 Å². The van der Waals surface area contributed by atoms with Crippen LogP contribution < -0.4 is 20.1 Å². The monoisotopic (exact) mass is 321 g/mol. The first kappa shape index (κ1) is 17.1. The molecule has 2 rings (SSSR count). The Morgan fingerprint density at radius 1 is 1.17 bits per heavy atom. The minimum absolute atomic E-state index is 0.0511. The molecule has 23 heavy (non-hydrogen) atoms. The van der Waals surface area contributed by atoms with E-state index in [1.165, 1.54) is 7.11 Å². The van der Waals surface area contributed by atoms with E-state index in [2.05, 4.69) is 10.6 Å². The number of benzene rings is 1. The van der Waals surface area contributed by atoms with Crippen LogP contribution in [0.4, 0.5) is 5.69 Å². The molecule has 1 aromatic carbocycles. The van der Waals surface area contributed by atoms with Crippen molar-refractivity contribution in [3.63, 3.8) is 0 Å². The van der Waals surface area contributed by atoms with E-state index in [9.17, 15) is 9.59 Å². The van der Waals surface area contributed by atoms with Crippen LogP contribution in [0.25, 0.3) is 0 Å². The van der Waals surface area contributed by atoms with Crippen molar-refractivity contribution in [3.8, 4) is 11.5 Å². The van der Waals surface area contributed by atoms with E-state index in [1.54, 1.807) is 37.3 Å². The summed E-state index contributed by atoms with van der Waals surface area (Å²) in [6, 6.07) is 5.48. The largest absolute Gasteiger partial charge is 0.497 e. The van der Waals surface area contributed by atoms with Gasteiger partial charge in [-0.2, -0.15) is 0 Å². The van der Waals surface area contributed by atoms with Crippen molar-refractivity contribution in [2.45, 2.75) is 18.9 Å². The number of nitrogens with one attached hydrogen (secondary N) is 2. The number of rotatable bonds is 8. The number of anilines is 1. The quantitative estimate of drug-likeness (QED) is 0.742. The second kappa shape index (κ2) is 7.82. The molecule has 0 spiro atoms. The van der Waals surface area contributed by atoms with E-state index in [4.69, 9.17) is 9.47 Å². The molecule has 7 heteroatoms. The van der Waals surface area contributed by atoms with E-state index >= 15 is 0 Å². The number of carbonyl (C=O) groups excluding carboxylic acids is 2. The van der Waals surface area contributed by atoms with Crippen molar-refractivity contribution < 1.29 is 19.1 Å². The molecule has 1 aliphatic rings. The molecule has 7 nitrogen and oxygen atoms in total. The maximum Gasteiger partial charge on any atom is 0.238 e. The first-order valence-electron chi connectivity index (χ1n) is 7.51. The Labute approximate surface area is 135 Å². The SMILES string of the molecule is COc1ccc(NC(=O)CN(C)CC(=O)NC2CC2)c(OC)c1. The van der Waals surface area contributed by atoms with Crippen molar-refractivity contribution in [1.82, 2.24) is 10.2 Å². The second-order valence-electron chi connectivity index (χ2n) is 5.63. The van der Waals surface area contributed by atoms with Gasteiger partial charge in [-0.15, -0.1) is 0 Å². The lowest BCUT2D eigenvalue weighted by molar-refractivity contribution is -0.123. The van der Waals surface area contributed by atoms with Gasteiger partial charge >= 0.3 is 0 Å². The van der Waals surface area contributed by atoms with Gasteiger partial charge in [-0.3, -0.25) is 14.5 Å². The van der Waals surface area contributed by atoms with Crippen molar-refractivity contribution in [1.29, 1.82) is 0 Å². The molecule has 2 amide bonds. The third-order valence-electron chi connectivity index (χ3n) is 3.45. The van der Waals surface area contributed by atoms with Gasteiger partial charge in [0.2, 0.25) is 11.8 Å². The smallest absolute Gasteiger partial charge is 0.238 e. The third kappa shape index (κ3) is 5.45. The average molecular weight is 321 g/mol. The number of amides is 2. The fraction of sp³-hybridized carbons (Fsp3) is 0.500. The molecule has 0 saturated heterocycles. The Balaban J connectivity index is 1.84. The summed E-state index contributed by atoms with van der Waals surface area (Å²) in [6.07, 6.45) is 2.10. The van der Waals surface area contributed by atoms with E-state index in [0.717, 1.165) is 12.8 Å². The third-order valence-corrected chi connectivity index (χ3v) is 3.45. The number of nitrogens with zero attached hydrogens (tertiary/aromatic N) is 1. The Hall–Kier alpha value is -2.28. The van der Waals surface area contributed by atoms with Crippen LogP contribution in [0.5, 0.6) is 11.5 Å². The summed E-state index contributed by atoms with van der Waals surface area (Å²) in [6.45, 7) is 0.316. The molecular weight excluding hydrogens is 298 g/mol. The number of carbonyl (C=O) groups is 2. The molecule has 1 fully saturated rings. The molecule has 0 aromatic heterocycles. The second-order valence-corrected chi connectivity index (χ2v) is 5.63. The van der Waals surface area contributed by atoms with Crippen LogP contribution in [-0.4, -0.2) is 57.1 Å². The highest BCUT2D eigenvalue weighted by Gasteiger charge is 2.23. The van der Waals surface area contributed by atoms with E-state index in [-0.39, 0.29) is 24.9 Å². The molecule has 0 aliphatic heterocycles. The van der Waals surface area contributed by atoms with Crippen LogP contribution in [0.1, 0.15) is 12.8 Å². The van der Waals surface area contributed by atoms with E-state index < -0.39 is 0 Å². The molecule has 1 saturated carbocycles. The Morgan fingerprint density at radius 2 is 1.87 bits per heavy atom. The highest BCUT2D eigenvalue weighted by atomic mass is 16.5. The summed E-state index contributed by atoms with van der Waals surface area (Å²) in [7, 11) is 4.82. The molecule has 0 atom stereocenters. The summed E-state index contributed by atoms with van der Waals surface area (Å²) < 4.78 is 10.4. The number of likely N-dealkylation sites (N-methyl/N-ethyl adjacent to an activating group) is 1. The zero-order valence-corrected chi connectivity index (χ0v) is 13.7. The highest BCUT2D eigenvalue weighted by Crippen LogP contribution is 2.28. The van der Waals surface area contributed by atoms with Crippen LogP contribution in [0.15, 0.2) is 18.2 Å². The molecule has 0 bridgehead atoms. The zero-order chi connectivity index (χ0) is 16.8. The maximum absolute atomic E-state index is 12.1. The number of ether oxygens (including phenoxy) is 2. The maximum atomic E-state index is 12.1. The molecule has 0 unspecified atom stereocenters. The molecule has 0 radical (unpaired) electrons. The topological polar surface area (TPSA) is 79.9 Å². The van der Waals surface area contributed by atoms with Gasteiger partial charge in [0.05, 0.1) is 33.0 Å². The Morgan fingerprint density at radius 3 is 2.48 bits per heavy atom. The molecule has 1 aromatic rings. The van der Waals surface area contributed by atoms with Gasteiger partial charge in [0.1, 0.15) is 11.5 Å². The lowest BCUT2D eigenvalue weighted by atomic mass is 10.2. The molecular formula is C16H23N3O4. The fourth-order valence-electron chi connectivity index (χ4n) is 2.14. The normalized spacial score (nSPS) is 13.6. The summed E-state index contributed by atoms with van der Waals surface area (Å²) >= 11 is 0. The van der Waals surface area contributed by atoms with Crippen molar-refractivity contribution in [2.24, 2.45) is 0 Å². The lowest BCUT2D eigenvalue weighted by Gasteiger charge is -2.17. The van der Waals surface area contributed by atoms with Gasteiger partial charge in [-0.25, -0.2) is 0 Å². The predicted octanol–water partition coefficient (Wildman–Crippen LogP) is 0.853. The minimum Gasteiger partial charge on any atom is -0.497 e. The van der Waals surface area contributed by atoms with Crippen LogP contribution in [0.2, 0.25) is 0 Å². The summed E-state index contributed by atoms with van der Waals surface area (Å²) in [5.74, 6) is 0.903. The van der Waals surface area contributed by atoms with Crippen LogP contribution >= 0.6 is 0 Å². The van der Waals surface area contributed by atoms with Gasteiger partial charge in [0, 0.05) is 12.1 Å². The molecule has 2 N–H and O–H groups in total. The van der Waals surface area contributed by atoms with Crippen LogP contribution in [0.3, 0.4) is 0 Å². The van der Waals surface area contributed by atoms with Gasteiger partial charge in [0.25, 0.3) is 0 Å². The highest BCUT2D eigenvalue weighted by molar-refractivity contribution is 5.94.